The van der Waals surface area contributed by atoms with Crippen LogP contribution in [0.3, 0.4) is 0 Å². The van der Waals surface area contributed by atoms with Crippen molar-refractivity contribution in [2.24, 2.45) is 69.9 Å². The molecule has 0 bridgehead atoms. The third-order valence-corrected chi connectivity index (χ3v) is 17.8. The van der Waals surface area contributed by atoms with Gasteiger partial charge in [-0.05, 0) is 160 Å². The zero-order chi connectivity index (χ0) is 80.5. The molecule has 0 heterocycles. The summed E-state index contributed by atoms with van der Waals surface area (Å²) >= 11 is 0. The van der Waals surface area contributed by atoms with Crippen molar-refractivity contribution in [3.63, 3.8) is 0 Å². The van der Waals surface area contributed by atoms with Gasteiger partial charge in [0.15, 0.2) is 0 Å². The maximum Gasteiger partial charge on any atom is 0.243 e. The molecule has 16 atom stereocenters. The van der Waals surface area contributed by atoms with Crippen LogP contribution >= 0.6 is 0 Å². The van der Waals surface area contributed by atoms with Gasteiger partial charge in [-0.3, -0.25) is 71.9 Å². The highest BCUT2D eigenvalue weighted by atomic mass is 16.2. The number of amides is 15. The fourth-order valence-electron chi connectivity index (χ4n) is 10.9. The predicted octanol–water partition coefficient (Wildman–Crippen LogP) is -1.89. The lowest BCUT2D eigenvalue weighted by molar-refractivity contribution is -0.136. The molecular formula is C71H133N19O15. The van der Waals surface area contributed by atoms with E-state index in [-0.39, 0.29) is 87.6 Å². The predicted molar refractivity (Wildman–Crippen MR) is 399 cm³/mol. The standard InChI is InChI=1S/C71H133N19O15/c1-17-41(11)56(76)70(104)89-54(36-55(75)91)69(103)88-53(35-40(9)10)68(102)84-47(27-21-24-30-73)63(97)79-46(16)62(96)87-51(33-38(5)6)66(100)80-43(13)59(93)78-44(14)61(95)86-52(34-39(7)8)67(101)81-45(15)60(94)82-48(28-22-25-31-74)64(98)83-49(26-20-19-23-29-72)65(99)90-57(42(12)18-2)71(105)85-50(58(77)92)32-37(3)4/h37-54,56-57H,17-36,72-74,76H2,1-16H3,(H2,75,91)(H2,77,92)(H,78,93)(H,79,97)(H,80,100)(H,81,101)(H,82,94)(H,83,98)(H,84,102)(H,85,105)(H,86,95)(H,87,96)(H,88,103)(H,89,104)(H,90,99)/t41-,42-,43-,44-,45-,46-,47-,48-,49-,50-,51-,52-,53-,54-,56-,57-/m0/s1. The first-order valence-electron chi connectivity index (χ1n) is 37.5. The first-order valence-corrected chi connectivity index (χ1v) is 37.5. The number of carbonyl (C=O) groups is 15. The number of nitrogens with two attached hydrogens (primary N) is 6. The summed E-state index contributed by atoms with van der Waals surface area (Å²) in [5.41, 5.74) is 34.4. The van der Waals surface area contributed by atoms with Crippen molar-refractivity contribution in [2.45, 2.75) is 305 Å². The Hall–Kier alpha value is -8.11. The molecule has 25 N–H and O–H groups in total. The van der Waals surface area contributed by atoms with E-state index >= 15 is 0 Å². The molecule has 105 heavy (non-hydrogen) atoms. The van der Waals surface area contributed by atoms with Crippen LogP contribution < -0.4 is 104 Å². The average molecular weight is 1490 g/mol. The van der Waals surface area contributed by atoms with Gasteiger partial charge in [-0.2, -0.15) is 0 Å². The average Bonchev–Trinajstić information content (AvgIpc) is 0.863. The molecule has 602 valence electrons. The molecule has 0 aromatic rings. The molecule has 0 fully saturated rings. The first-order chi connectivity index (χ1) is 49.1. The van der Waals surface area contributed by atoms with Crippen LogP contribution in [0.2, 0.25) is 0 Å². The number of hydrogen-bond acceptors (Lipinski definition) is 19. The summed E-state index contributed by atoms with van der Waals surface area (Å²) in [5.74, 6) is -12.9. The number of unbranched alkanes of at least 4 members (excludes halogenated alkanes) is 4. The van der Waals surface area contributed by atoms with Crippen LogP contribution in [-0.2, 0) is 71.9 Å². The van der Waals surface area contributed by atoms with E-state index in [1.807, 2.05) is 27.7 Å². The third kappa shape index (κ3) is 38.6. The molecule has 34 nitrogen and oxygen atoms in total. The van der Waals surface area contributed by atoms with Gasteiger partial charge in [0.05, 0.1) is 12.5 Å². The zero-order valence-electron chi connectivity index (χ0n) is 65.3. The Morgan fingerprint density at radius 1 is 0.276 bits per heavy atom. The summed E-state index contributed by atoms with van der Waals surface area (Å²) in [5, 5.41) is 34.2. The lowest BCUT2D eigenvalue weighted by Crippen LogP contribution is -2.60. The van der Waals surface area contributed by atoms with Gasteiger partial charge in [0, 0.05) is 0 Å². The molecule has 0 spiro atoms. The molecule has 0 saturated heterocycles. The minimum absolute atomic E-state index is 0.00820. The Morgan fingerprint density at radius 3 is 0.886 bits per heavy atom. The molecule has 15 amide bonds. The molecule has 0 radical (unpaired) electrons. The molecule has 0 aromatic carbocycles. The molecule has 0 saturated carbocycles. The molecule has 0 aliphatic carbocycles. The lowest BCUT2D eigenvalue weighted by Gasteiger charge is -2.29. The highest BCUT2D eigenvalue weighted by Gasteiger charge is 2.38. The van der Waals surface area contributed by atoms with Crippen molar-refractivity contribution in [1.82, 2.24) is 69.1 Å². The van der Waals surface area contributed by atoms with E-state index in [0.717, 1.165) is 0 Å². The topological polar surface area (TPSA) is 569 Å². The second kappa shape index (κ2) is 51.2. The van der Waals surface area contributed by atoms with E-state index < -0.39 is 186 Å². The Labute approximate surface area is 621 Å². The van der Waals surface area contributed by atoms with Crippen LogP contribution in [0.5, 0.6) is 0 Å². The van der Waals surface area contributed by atoms with Crippen LogP contribution in [0.1, 0.15) is 220 Å². The lowest BCUT2D eigenvalue weighted by atomic mass is 9.96. The highest BCUT2D eigenvalue weighted by Crippen LogP contribution is 2.16. The largest absolute Gasteiger partial charge is 0.370 e. The Balaban J connectivity index is 6.40. The summed E-state index contributed by atoms with van der Waals surface area (Å²) in [6.45, 7) is 27.9. The maximum absolute atomic E-state index is 14.2. The van der Waals surface area contributed by atoms with Crippen molar-refractivity contribution in [3.8, 4) is 0 Å². The number of hydrogen-bond donors (Lipinski definition) is 19. The van der Waals surface area contributed by atoms with Crippen LogP contribution in [0.25, 0.3) is 0 Å². The molecule has 0 aromatic heterocycles. The number of carbonyl (C=O) groups excluding carboxylic acids is 15. The van der Waals surface area contributed by atoms with Crippen molar-refractivity contribution >= 4 is 88.6 Å². The minimum atomic E-state index is -1.48. The van der Waals surface area contributed by atoms with Crippen LogP contribution in [0.4, 0.5) is 0 Å². The van der Waals surface area contributed by atoms with E-state index in [1.165, 1.54) is 27.7 Å². The van der Waals surface area contributed by atoms with E-state index in [1.54, 1.807) is 55.4 Å². The van der Waals surface area contributed by atoms with Gasteiger partial charge in [0.1, 0.15) is 78.5 Å². The van der Waals surface area contributed by atoms with Gasteiger partial charge >= 0.3 is 0 Å². The van der Waals surface area contributed by atoms with Gasteiger partial charge in [0.25, 0.3) is 0 Å². The zero-order valence-corrected chi connectivity index (χ0v) is 65.3. The van der Waals surface area contributed by atoms with Gasteiger partial charge < -0.3 is 104 Å². The molecule has 0 rings (SSSR count). The Kier molecular flexibility index (Phi) is 47.2. The summed E-state index contributed by atoms with van der Waals surface area (Å²) in [4.78, 5) is 204. The number of primary amides is 2. The first kappa shape index (κ1) is 96.9. The van der Waals surface area contributed by atoms with Crippen LogP contribution in [0, 0.1) is 35.5 Å². The van der Waals surface area contributed by atoms with E-state index in [9.17, 15) is 71.9 Å². The Morgan fingerprint density at radius 2 is 0.533 bits per heavy atom. The van der Waals surface area contributed by atoms with Gasteiger partial charge in [-0.1, -0.05) is 109 Å². The van der Waals surface area contributed by atoms with E-state index in [4.69, 9.17) is 34.4 Å². The molecule has 0 aliphatic heterocycles. The normalized spacial score (nSPS) is 16.0. The second-order valence-corrected chi connectivity index (χ2v) is 29.5. The summed E-state index contributed by atoms with van der Waals surface area (Å²) in [7, 11) is 0. The number of rotatable bonds is 54. The fourth-order valence-corrected chi connectivity index (χ4v) is 10.9. The molecule has 0 unspecified atom stereocenters. The Bertz CT molecular complexity index is 2810. The van der Waals surface area contributed by atoms with Gasteiger partial charge in [0.2, 0.25) is 88.6 Å². The summed E-state index contributed by atoms with van der Waals surface area (Å²) < 4.78 is 0. The fraction of sp³-hybridized carbons (Fsp3) is 0.789. The SMILES string of the molecule is CC[C@H](C)[C@H](N)C(=O)N[C@@H](CC(N)=O)C(=O)N[C@@H](CC(C)C)C(=O)N[C@@H](CCCCN)C(=O)N[C@@H](C)C(=O)N[C@@H](CC(C)C)C(=O)N[C@@H](C)C(=O)N[C@@H](C)C(=O)N[C@@H](CC(C)C)C(=O)N[C@@H](C)C(=O)N[C@@H](CCCCN)C(=O)N[C@@H](CCCCCN)C(=O)N[C@H](C(=O)N[C@@H](CC(C)C)C(N)=O)[C@@H](C)CC. The minimum Gasteiger partial charge on any atom is -0.370 e. The van der Waals surface area contributed by atoms with Crippen molar-refractivity contribution < 1.29 is 71.9 Å². The smallest absolute Gasteiger partial charge is 0.243 e. The molecule has 34 heteroatoms. The third-order valence-electron chi connectivity index (χ3n) is 17.8. The molecular weight excluding hydrogens is 1360 g/mol. The second-order valence-electron chi connectivity index (χ2n) is 29.5. The van der Waals surface area contributed by atoms with Gasteiger partial charge in [-0.25, -0.2) is 0 Å². The van der Waals surface area contributed by atoms with Crippen LogP contribution in [-0.4, -0.2) is 193 Å². The quantitative estimate of drug-likeness (QED) is 0.0296. The maximum atomic E-state index is 14.2. The summed E-state index contributed by atoms with van der Waals surface area (Å²) in [6.07, 6.45) is 4.50. The highest BCUT2D eigenvalue weighted by molar-refractivity contribution is 6.00. The monoisotopic (exact) mass is 1490 g/mol. The summed E-state index contributed by atoms with van der Waals surface area (Å²) in [6, 6.07) is -17.3. The van der Waals surface area contributed by atoms with Crippen molar-refractivity contribution in [1.29, 1.82) is 0 Å². The van der Waals surface area contributed by atoms with E-state index in [2.05, 4.69) is 69.1 Å². The van der Waals surface area contributed by atoms with E-state index in [0.29, 0.717) is 64.3 Å². The van der Waals surface area contributed by atoms with Crippen molar-refractivity contribution in [3.05, 3.63) is 0 Å². The van der Waals surface area contributed by atoms with Crippen LogP contribution in [0.15, 0.2) is 0 Å². The van der Waals surface area contributed by atoms with Crippen molar-refractivity contribution in [2.75, 3.05) is 19.6 Å². The molecule has 0 aliphatic rings. The number of nitrogens with one attached hydrogen (secondary N) is 13. The van der Waals surface area contributed by atoms with Gasteiger partial charge in [-0.15, -0.1) is 0 Å².